The molecular formula is C30H49ClN8O7. The Morgan fingerprint density at radius 3 is 2.35 bits per heavy atom. The highest BCUT2D eigenvalue weighted by atomic mass is 35.5. The quantitative estimate of drug-likeness (QED) is 0.0485. The molecule has 1 amide bonds. The summed E-state index contributed by atoms with van der Waals surface area (Å²) in [5.74, 6) is -0.334. The number of nitrogens with zero attached hydrogens (tertiary/aromatic N) is 4. The summed E-state index contributed by atoms with van der Waals surface area (Å²) >= 11 is 5.81. The second-order valence-electron chi connectivity index (χ2n) is 11.0. The van der Waals surface area contributed by atoms with E-state index >= 15 is 0 Å². The van der Waals surface area contributed by atoms with E-state index in [1.165, 1.54) is 0 Å². The van der Waals surface area contributed by atoms with E-state index in [1.807, 2.05) is 29.2 Å². The van der Waals surface area contributed by atoms with Gasteiger partial charge in [-0.3, -0.25) is 20.0 Å². The monoisotopic (exact) mass is 668 g/mol. The number of benzene rings is 1. The lowest BCUT2D eigenvalue weighted by molar-refractivity contribution is -0.119. The molecule has 46 heavy (non-hydrogen) atoms. The van der Waals surface area contributed by atoms with Crippen LogP contribution in [-0.2, 0) is 6.42 Å². The van der Waals surface area contributed by atoms with Crippen molar-refractivity contribution in [1.82, 2.24) is 20.2 Å². The Morgan fingerprint density at radius 1 is 0.978 bits per heavy atom. The van der Waals surface area contributed by atoms with E-state index in [-0.39, 0.29) is 35.0 Å². The van der Waals surface area contributed by atoms with E-state index in [0.717, 1.165) is 50.5 Å². The van der Waals surface area contributed by atoms with E-state index in [2.05, 4.69) is 27.2 Å². The van der Waals surface area contributed by atoms with Crippen LogP contribution in [-0.4, -0.2) is 116 Å². The maximum absolute atomic E-state index is 12.3. The van der Waals surface area contributed by atoms with Crippen LogP contribution in [0.1, 0.15) is 61.5 Å². The predicted octanol–water partition coefficient (Wildman–Crippen LogP) is 0.0588. The molecule has 16 heteroatoms. The number of anilines is 2. The van der Waals surface area contributed by atoms with Crippen LogP contribution in [0.25, 0.3) is 0 Å². The van der Waals surface area contributed by atoms with Gasteiger partial charge in [-0.2, -0.15) is 0 Å². The lowest BCUT2D eigenvalue weighted by Crippen LogP contribution is -2.50. The number of ether oxygens (including phenoxy) is 1. The summed E-state index contributed by atoms with van der Waals surface area (Å²) in [6.45, 7) is 3.38. The average molecular weight is 669 g/mol. The van der Waals surface area contributed by atoms with Crippen molar-refractivity contribution >= 4 is 35.1 Å². The number of carbonyl (C=O) groups is 1. The summed E-state index contributed by atoms with van der Waals surface area (Å²) in [5.41, 5.74) is 17.9. The van der Waals surface area contributed by atoms with Crippen LogP contribution in [0, 0.1) is 0 Å². The molecule has 258 valence electrons. The van der Waals surface area contributed by atoms with E-state index in [1.54, 1.807) is 0 Å². The summed E-state index contributed by atoms with van der Waals surface area (Å²) < 4.78 is 5.91. The van der Waals surface area contributed by atoms with Crippen molar-refractivity contribution in [2.24, 2.45) is 10.7 Å². The van der Waals surface area contributed by atoms with Crippen molar-refractivity contribution in [3.63, 3.8) is 0 Å². The maximum atomic E-state index is 12.3. The van der Waals surface area contributed by atoms with Gasteiger partial charge in [0.15, 0.2) is 28.4 Å². The molecule has 4 atom stereocenters. The Labute approximate surface area is 274 Å². The standard InChI is InChI=1S/C30H49ClN8O7/c1-2-3-4-7-14-39(17-21(41)24(43)25(44)22(42)18-40)15-16-46-20-11-9-19(10-12-20)8-5-6-13-35-30(34)38-29(45)23-27(32)37-28(33)26(31)36-23/h9-12,21-22,24-25,40-44H,2-8,13-18H2,1H3,(H4,32,33,37)(H3,34,35,38,45)/t21-,22+,24-,25+/m0/s1. The van der Waals surface area contributed by atoms with E-state index < -0.39 is 36.9 Å². The molecule has 0 fully saturated rings. The first kappa shape index (κ1) is 38.9. The van der Waals surface area contributed by atoms with Gasteiger partial charge in [-0.1, -0.05) is 49.9 Å². The number of unbranched alkanes of at least 4 members (excludes halogenated alkanes) is 4. The van der Waals surface area contributed by atoms with Crippen molar-refractivity contribution in [2.45, 2.75) is 76.3 Å². The zero-order valence-electron chi connectivity index (χ0n) is 26.3. The molecule has 0 radical (unpaired) electrons. The first-order valence-corrected chi connectivity index (χ1v) is 15.8. The first-order chi connectivity index (χ1) is 22.0. The molecule has 12 N–H and O–H groups in total. The number of aromatic nitrogens is 2. The van der Waals surface area contributed by atoms with Gasteiger partial charge in [0.05, 0.1) is 12.7 Å². The average Bonchev–Trinajstić information content (AvgIpc) is 3.03. The van der Waals surface area contributed by atoms with Crippen LogP contribution in [0.2, 0.25) is 5.15 Å². The summed E-state index contributed by atoms with van der Waals surface area (Å²) in [6.07, 6.45) is 0.370. The molecule has 0 bridgehead atoms. The van der Waals surface area contributed by atoms with Gasteiger partial charge < -0.3 is 47.5 Å². The number of amides is 1. The molecule has 1 aromatic heterocycles. The van der Waals surface area contributed by atoms with Gasteiger partial charge in [-0.05, 0) is 49.9 Å². The topological polar surface area (TPSA) is 259 Å². The molecule has 0 aliphatic rings. The third-order valence-corrected chi connectivity index (χ3v) is 7.49. The minimum atomic E-state index is -1.66. The summed E-state index contributed by atoms with van der Waals surface area (Å²) in [6, 6.07) is 7.73. The minimum Gasteiger partial charge on any atom is -0.492 e. The Morgan fingerprint density at radius 2 is 1.67 bits per heavy atom. The Kier molecular flexibility index (Phi) is 17.5. The largest absolute Gasteiger partial charge is 0.492 e. The third-order valence-electron chi connectivity index (χ3n) is 7.22. The molecule has 0 aliphatic heterocycles. The smallest absolute Gasteiger partial charge is 0.280 e. The van der Waals surface area contributed by atoms with Crippen LogP contribution in [0.4, 0.5) is 11.6 Å². The van der Waals surface area contributed by atoms with E-state index in [9.17, 15) is 25.2 Å². The van der Waals surface area contributed by atoms with Gasteiger partial charge in [-0.25, -0.2) is 9.97 Å². The molecule has 1 heterocycles. The second-order valence-corrected chi connectivity index (χ2v) is 11.3. The molecule has 0 saturated carbocycles. The van der Waals surface area contributed by atoms with Crippen molar-refractivity contribution in [2.75, 3.05) is 50.9 Å². The fourth-order valence-electron chi connectivity index (χ4n) is 4.50. The van der Waals surface area contributed by atoms with E-state index in [0.29, 0.717) is 32.0 Å². The number of halogens is 1. The number of aliphatic hydroxyl groups is 5. The molecule has 2 aromatic rings. The SMILES string of the molecule is CCCCCCN(CCOc1ccc(CCCCN=C(N)NC(=O)c2nc(Cl)c(N)nc2N)cc1)C[C@H](O)[C@H](O)[C@H](O)[C@H](O)CO. The van der Waals surface area contributed by atoms with Crippen molar-refractivity contribution < 1.29 is 35.1 Å². The predicted molar refractivity (Wildman–Crippen MR) is 176 cm³/mol. The van der Waals surface area contributed by atoms with Gasteiger partial charge in [-0.15, -0.1) is 0 Å². The number of nitrogen functional groups attached to an aromatic ring is 2. The van der Waals surface area contributed by atoms with Gasteiger partial charge >= 0.3 is 0 Å². The molecule has 1 aromatic carbocycles. The van der Waals surface area contributed by atoms with Crippen molar-refractivity contribution in [3.05, 3.63) is 40.7 Å². The molecule has 0 aliphatic carbocycles. The number of carbonyl (C=O) groups excluding carboxylic acids is 1. The number of nitrogens with two attached hydrogens (primary N) is 3. The molecule has 0 unspecified atom stereocenters. The lowest BCUT2D eigenvalue weighted by Gasteiger charge is -2.30. The summed E-state index contributed by atoms with van der Waals surface area (Å²) in [4.78, 5) is 26.0. The number of hydrogen-bond acceptors (Lipinski definition) is 13. The fourth-order valence-corrected chi connectivity index (χ4v) is 4.63. The number of guanidine groups is 1. The third kappa shape index (κ3) is 13.6. The van der Waals surface area contributed by atoms with Gasteiger partial charge in [0.1, 0.15) is 30.7 Å². The summed E-state index contributed by atoms with van der Waals surface area (Å²) in [7, 11) is 0. The minimum absolute atomic E-state index is 0.0770. The van der Waals surface area contributed by atoms with Gasteiger partial charge in [0, 0.05) is 19.6 Å². The van der Waals surface area contributed by atoms with Crippen molar-refractivity contribution in [1.29, 1.82) is 0 Å². The number of aryl methyl sites for hydroxylation is 1. The molecule has 2 rings (SSSR count). The zero-order chi connectivity index (χ0) is 34.1. The molecule has 0 saturated heterocycles. The van der Waals surface area contributed by atoms with Crippen molar-refractivity contribution in [3.8, 4) is 5.75 Å². The van der Waals surface area contributed by atoms with Gasteiger partial charge in [0.25, 0.3) is 5.91 Å². The lowest BCUT2D eigenvalue weighted by atomic mass is 10.0. The maximum Gasteiger partial charge on any atom is 0.280 e. The number of nitrogens with one attached hydrogen (secondary N) is 1. The highest BCUT2D eigenvalue weighted by Gasteiger charge is 2.31. The normalized spacial score (nSPS) is 14.6. The zero-order valence-corrected chi connectivity index (χ0v) is 27.0. The molecule has 0 spiro atoms. The number of hydrogen-bond donors (Lipinski definition) is 9. The van der Waals surface area contributed by atoms with Crippen LogP contribution >= 0.6 is 11.6 Å². The van der Waals surface area contributed by atoms with Gasteiger partial charge in [0.2, 0.25) is 0 Å². The Balaban J connectivity index is 1.76. The van der Waals surface area contributed by atoms with Crippen LogP contribution in [0.3, 0.4) is 0 Å². The van der Waals surface area contributed by atoms with Crippen LogP contribution in [0.15, 0.2) is 29.3 Å². The first-order valence-electron chi connectivity index (χ1n) is 15.4. The Hall–Kier alpha value is -3.31. The number of aliphatic imine (C=N–C) groups is 1. The Bertz CT molecular complexity index is 1220. The van der Waals surface area contributed by atoms with Crippen LogP contribution in [0.5, 0.6) is 5.75 Å². The fraction of sp³-hybridized carbons (Fsp3) is 0.600. The summed E-state index contributed by atoms with van der Waals surface area (Å²) in [5, 5.41) is 51.5. The highest BCUT2D eigenvalue weighted by Crippen LogP contribution is 2.17. The highest BCUT2D eigenvalue weighted by molar-refractivity contribution is 6.31. The van der Waals surface area contributed by atoms with E-state index in [4.69, 9.17) is 38.6 Å². The van der Waals surface area contributed by atoms with Crippen LogP contribution < -0.4 is 27.3 Å². The number of rotatable bonds is 21. The second kappa shape index (κ2) is 20.7. The number of aliphatic hydroxyl groups excluding tert-OH is 5. The molecular weight excluding hydrogens is 620 g/mol. The molecule has 15 nitrogen and oxygen atoms in total.